The van der Waals surface area contributed by atoms with Crippen molar-refractivity contribution in [2.45, 2.75) is 9.88 Å². The van der Waals surface area contributed by atoms with Crippen LogP contribution >= 0.6 is 0 Å². The van der Waals surface area contributed by atoms with Crippen molar-refractivity contribution in [1.29, 1.82) is 0 Å². The molecule has 120 valence electrons. The molecule has 0 aromatic heterocycles. The second-order valence-corrected chi connectivity index (χ2v) is 7.63. The van der Waals surface area contributed by atoms with Crippen LogP contribution in [0.25, 0.3) is 0 Å². The Kier molecular flexibility index (Phi) is 9.79. The summed E-state index contributed by atoms with van der Waals surface area (Å²) in [5, 5.41) is 6.12. The van der Waals surface area contributed by atoms with Gasteiger partial charge in [0.25, 0.3) is 0 Å². The first-order valence-electron chi connectivity index (χ1n) is 7.42. The molecule has 0 heterocycles. The third-order valence-electron chi connectivity index (χ3n) is 2.77. The van der Waals surface area contributed by atoms with Crippen molar-refractivity contribution in [3.05, 3.63) is 72.2 Å². The van der Waals surface area contributed by atoms with Crippen LogP contribution in [0.1, 0.15) is 0 Å². The van der Waals surface area contributed by atoms with Crippen LogP contribution in [0.2, 0.25) is 9.88 Å². The SMILES string of the molecule is O=C1C=CC=CC1=CNCCNC=C1C=CC=CC1=O.[CH3][Sn][CH3]. The molecule has 0 fully saturated rings. The van der Waals surface area contributed by atoms with Gasteiger partial charge >= 0.3 is 31.0 Å². The van der Waals surface area contributed by atoms with E-state index in [4.69, 9.17) is 0 Å². The van der Waals surface area contributed by atoms with E-state index in [2.05, 4.69) is 20.5 Å². The maximum atomic E-state index is 11.4. The molecule has 0 unspecified atom stereocenters. The Hall–Kier alpha value is -1.82. The molecule has 2 radical (unpaired) electrons. The van der Waals surface area contributed by atoms with Gasteiger partial charge in [-0.3, -0.25) is 9.59 Å². The minimum absolute atomic E-state index is 0.000182. The molecule has 5 heteroatoms. The summed E-state index contributed by atoms with van der Waals surface area (Å²) in [4.78, 5) is 27.5. The zero-order valence-corrected chi connectivity index (χ0v) is 16.4. The summed E-state index contributed by atoms with van der Waals surface area (Å²) in [6.07, 6.45) is 17.1. The van der Waals surface area contributed by atoms with Crippen molar-refractivity contribution in [3.8, 4) is 0 Å². The van der Waals surface area contributed by atoms with Gasteiger partial charge in [-0.2, -0.15) is 0 Å². The van der Waals surface area contributed by atoms with Gasteiger partial charge in [0.2, 0.25) is 0 Å². The maximum absolute atomic E-state index is 11.4. The number of nitrogens with one attached hydrogen (secondary N) is 2. The number of allylic oxidation sites excluding steroid dienone is 10. The molecule has 0 spiro atoms. The number of hydrogen-bond donors (Lipinski definition) is 2. The topological polar surface area (TPSA) is 58.2 Å². The Morgan fingerprint density at radius 1 is 0.783 bits per heavy atom. The Labute approximate surface area is 148 Å². The van der Waals surface area contributed by atoms with Gasteiger partial charge in [-0.25, -0.2) is 0 Å². The van der Waals surface area contributed by atoms with Crippen LogP contribution in [-0.4, -0.2) is 45.8 Å². The molecule has 0 saturated carbocycles. The Balaban J connectivity index is 0.000000816. The van der Waals surface area contributed by atoms with E-state index >= 15 is 0 Å². The molecular weight excluding hydrogens is 395 g/mol. The summed E-state index contributed by atoms with van der Waals surface area (Å²) in [5.41, 5.74) is 1.28. The average Bonchev–Trinajstić information content (AvgIpc) is 2.55. The first-order valence-corrected chi connectivity index (χ1v) is 13.1. The summed E-state index contributed by atoms with van der Waals surface area (Å²) in [7, 11) is 0. The molecule has 2 N–H and O–H groups in total. The third-order valence-corrected chi connectivity index (χ3v) is 2.77. The molecule has 0 amide bonds. The van der Waals surface area contributed by atoms with Gasteiger partial charge in [0.1, 0.15) is 0 Å². The molecule has 0 aliphatic heterocycles. The summed E-state index contributed by atoms with van der Waals surface area (Å²) >= 11 is 0.230. The fraction of sp³-hybridized carbons (Fsp3) is 0.222. The first-order chi connectivity index (χ1) is 11.2. The third kappa shape index (κ3) is 7.83. The van der Waals surface area contributed by atoms with Crippen molar-refractivity contribution in [2.24, 2.45) is 0 Å². The van der Waals surface area contributed by atoms with Crippen LogP contribution < -0.4 is 10.6 Å². The molecular formula is C18H22N2O2Sn. The van der Waals surface area contributed by atoms with Crippen molar-refractivity contribution in [3.63, 3.8) is 0 Å². The molecule has 23 heavy (non-hydrogen) atoms. The van der Waals surface area contributed by atoms with Crippen molar-refractivity contribution in [2.75, 3.05) is 13.1 Å². The molecule has 2 aliphatic carbocycles. The van der Waals surface area contributed by atoms with E-state index in [0.29, 0.717) is 24.2 Å². The van der Waals surface area contributed by atoms with Crippen LogP contribution in [0.4, 0.5) is 0 Å². The molecule has 0 saturated heterocycles. The van der Waals surface area contributed by atoms with E-state index in [1.165, 1.54) is 12.2 Å². The van der Waals surface area contributed by atoms with Gasteiger partial charge in [-0.15, -0.1) is 0 Å². The van der Waals surface area contributed by atoms with Crippen LogP contribution in [0.5, 0.6) is 0 Å². The molecule has 0 aromatic rings. The van der Waals surface area contributed by atoms with Crippen molar-refractivity contribution in [1.82, 2.24) is 10.6 Å². The number of rotatable bonds is 5. The zero-order valence-electron chi connectivity index (χ0n) is 13.5. The predicted octanol–water partition coefficient (Wildman–Crippen LogP) is 2.11. The number of hydrogen-bond acceptors (Lipinski definition) is 4. The van der Waals surface area contributed by atoms with Crippen molar-refractivity contribution < 1.29 is 9.59 Å². The Bertz CT molecular complexity index is 544. The monoisotopic (exact) mass is 418 g/mol. The van der Waals surface area contributed by atoms with Gasteiger partial charge in [0.05, 0.1) is 0 Å². The Morgan fingerprint density at radius 3 is 1.48 bits per heavy atom. The summed E-state index contributed by atoms with van der Waals surface area (Å²) in [5.74, 6) is -0.000363. The van der Waals surface area contributed by atoms with Crippen LogP contribution in [-0.2, 0) is 9.59 Å². The molecule has 0 bridgehead atoms. The van der Waals surface area contributed by atoms with Crippen LogP contribution in [0.15, 0.2) is 72.2 Å². The molecule has 0 aromatic carbocycles. The van der Waals surface area contributed by atoms with Crippen LogP contribution in [0, 0.1) is 0 Å². The van der Waals surface area contributed by atoms with Gasteiger partial charge in [-0.05, 0) is 24.3 Å². The second kappa shape index (κ2) is 11.7. The van der Waals surface area contributed by atoms with Crippen molar-refractivity contribution >= 4 is 32.7 Å². The normalized spacial score (nSPS) is 19.0. The number of ketones is 2. The van der Waals surface area contributed by atoms with E-state index in [0.717, 1.165) is 0 Å². The Morgan fingerprint density at radius 2 is 1.13 bits per heavy atom. The van der Waals surface area contributed by atoms with Gasteiger partial charge < -0.3 is 10.6 Å². The van der Waals surface area contributed by atoms with Gasteiger partial charge in [0.15, 0.2) is 11.6 Å². The minimum atomic E-state index is -0.000182. The van der Waals surface area contributed by atoms with Gasteiger partial charge in [0, 0.05) is 36.6 Å². The quantitative estimate of drug-likeness (QED) is 0.409. The van der Waals surface area contributed by atoms with E-state index in [1.54, 1.807) is 36.7 Å². The van der Waals surface area contributed by atoms with E-state index < -0.39 is 0 Å². The number of carbonyl (C=O) groups is 2. The zero-order chi connectivity index (χ0) is 16.9. The van der Waals surface area contributed by atoms with Crippen LogP contribution in [0.3, 0.4) is 0 Å². The molecule has 4 nitrogen and oxygen atoms in total. The predicted molar refractivity (Wildman–Crippen MR) is 96.2 cm³/mol. The van der Waals surface area contributed by atoms with E-state index in [9.17, 15) is 9.59 Å². The first kappa shape index (κ1) is 19.2. The molecule has 2 aliphatic rings. The van der Waals surface area contributed by atoms with E-state index in [-0.39, 0.29) is 32.7 Å². The van der Waals surface area contributed by atoms with Gasteiger partial charge in [-0.1, -0.05) is 24.3 Å². The van der Waals surface area contributed by atoms with E-state index in [1.807, 2.05) is 12.2 Å². The molecule has 2 rings (SSSR count). The molecule has 0 atom stereocenters. The fourth-order valence-electron chi connectivity index (χ4n) is 1.71. The number of carbonyl (C=O) groups excluding carboxylic acids is 2. The summed E-state index contributed by atoms with van der Waals surface area (Å²) < 4.78 is 0. The fourth-order valence-corrected chi connectivity index (χ4v) is 1.71. The standard InChI is InChI=1S/C16H16N2O2.2CH3.Sn/c19-15-7-3-1-5-13(15)11-17-9-10-18-12-14-6-2-4-8-16(14)20;;;/h1-8,11-12,17-18H,9-10H2;2*1H3;. The summed E-state index contributed by atoms with van der Waals surface area (Å²) in [6, 6.07) is 0. The summed E-state index contributed by atoms with van der Waals surface area (Å²) in [6.45, 7) is 1.32. The second-order valence-electron chi connectivity index (χ2n) is 4.77. The average molecular weight is 417 g/mol.